The molecule has 0 bridgehead atoms. The third-order valence-corrected chi connectivity index (χ3v) is 2.43. The smallest absolute Gasteiger partial charge is 0.350 e. The number of aliphatic carboxylic acids is 1. The Morgan fingerprint density at radius 1 is 1.41 bits per heavy atom. The SMILES string of the molecule is CCC(=Nc1ccc2ncccc2c1)C(=O)O. The number of fused-ring (bicyclic) bond motifs is 1. The van der Waals surface area contributed by atoms with E-state index in [-0.39, 0.29) is 5.71 Å². The molecule has 0 aliphatic heterocycles. The number of hydrogen-bond donors (Lipinski definition) is 1. The second kappa shape index (κ2) is 4.74. The number of nitrogens with zero attached hydrogens (tertiary/aromatic N) is 2. The second-order valence-electron chi connectivity index (χ2n) is 3.60. The molecule has 2 rings (SSSR count). The number of carboxylic acids is 1. The van der Waals surface area contributed by atoms with Crippen LogP contribution in [0.1, 0.15) is 13.3 Å². The summed E-state index contributed by atoms with van der Waals surface area (Å²) in [6, 6.07) is 9.21. The highest BCUT2D eigenvalue weighted by Gasteiger charge is 2.06. The van der Waals surface area contributed by atoms with Crippen LogP contribution >= 0.6 is 0 Å². The van der Waals surface area contributed by atoms with Crippen LogP contribution in [0, 0.1) is 0 Å². The Bertz CT molecular complexity index is 591. The normalized spacial score (nSPS) is 11.7. The van der Waals surface area contributed by atoms with Crippen molar-refractivity contribution < 1.29 is 9.90 Å². The molecule has 2 aromatic rings. The first-order chi connectivity index (χ1) is 8.20. The summed E-state index contributed by atoms with van der Waals surface area (Å²) in [5.74, 6) is -0.973. The Kier molecular flexibility index (Phi) is 3.14. The van der Waals surface area contributed by atoms with Gasteiger partial charge in [0, 0.05) is 11.6 Å². The summed E-state index contributed by atoms with van der Waals surface area (Å²) in [5.41, 5.74) is 1.68. The summed E-state index contributed by atoms with van der Waals surface area (Å²) < 4.78 is 0. The molecule has 0 aliphatic rings. The number of rotatable bonds is 3. The average molecular weight is 228 g/mol. The number of benzene rings is 1. The lowest BCUT2D eigenvalue weighted by Crippen LogP contribution is -2.10. The topological polar surface area (TPSA) is 62.5 Å². The molecular weight excluding hydrogens is 216 g/mol. The zero-order chi connectivity index (χ0) is 12.3. The first-order valence-electron chi connectivity index (χ1n) is 5.36. The Labute approximate surface area is 98.6 Å². The van der Waals surface area contributed by atoms with E-state index in [4.69, 9.17) is 5.11 Å². The molecule has 1 aromatic heterocycles. The first-order valence-corrected chi connectivity index (χ1v) is 5.36. The summed E-state index contributed by atoms with van der Waals surface area (Å²) in [6.45, 7) is 1.77. The molecule has 0 amide bonds. The van der Waals surface area contributed by atoms with Gasteiger partial charge in [-0.05, 0) is 30.7 Å². The average Bonchev–Trinajstić information content (AvgIpc) is 2.35. The van der Waals surface area contributed by atoms with Gasteiger partial charge in [-0.15, -0.1) is 0 Å². The number of carbonyl (C=O) groups is 1. The van der Waals surface area contributed by atoms with Crippen molar-refractivity contribution in [3.63, 3.8) is 0 Å². The van der Waals surface area contributed by atoms with Crippen LogP contribution in [0.25, 0.3) is 10.9 Å². The molecule has 4 nitrogen and oxygen atoms in total. The molecule has 0 saturated carbocycles. The van der Waals surface area contributed by atoms with E-state index in [9.17, 15) is 4.79 Å². The number of pyridine rings is 1. The summed E-state index contributed by atoms with van der Waals surface area (Å²) in [4.78, 5) is 19.2. The Morgan fingerprint density at radius 2 is 2.24 bits per heavy atom. The number of aliphatic imine (C=N–C) groups is 1. The fourth-order valence-corrected chi connectivity index (χ4v) is 1.57. The van der Waals surface area contributed by atoms with Crippen LogP contribution in [-0.4, -0.2) is 21.8 Å². The molecule has 86 valence electrons. The van der Waals surface area contributed by atoms with Crippen molar-refractivity contribution in [2.24, 2.45) is 4.99 Å². The summed E-state index contributed by atoms with van der Waals surface area (Å²) >= 11 is 0. The van der Waals surface area contributed by atoms with Gasteiger partial charge >= 0.3 is 5.97 Å². The molecule has 0 unspecified atom stereocenters. The minimum atomic E-state index is -0.973. The molecule has 1 aromatic carbocycles. The number of carboxylic acid groups (broad SMARTS) is 1. The van der Waals surface area contributed by atoms with E-state index >= 15 is 0 Å². The van der Waals surface area contributed by atoms with Crippen molar-refractivity contribution in [1.29, 1.82) is 0 Å². The lowest BCUT2D eigenvalue weighted by molar-refractivity contribution is -0.129. The van der Waals surface area contributed by atoms with Crippen molar-refractivity contribution >= 4 is 28.3 Å². The van der Waals surface area contributed by atoms with Gasteiger partial charge in [-0.1, -0.05) is 13.0 Å². The molecule has 0 saturated heterocycles. The Morgan fingerprint density at radius 3 is 2.94 bits per heavy atom. The van der Waals surface area contributed by atoms with Gasteiger partial charge in [0.15, 0.2) is 0 Å². The van der Waals surface area contributed by atoms with E-state index in [2.05, 4.69) is 9.98 Å². The molecular formula is C13H12N2O2. The van der Waals surface area contributed by atoms with Gasteiger partial charge in [-0.25, -0.2) is 9.79 Å². The third kappa shape index (κ3) is 2.47. The van der Waals surface area contributed by atoms with Gasteiger partial charge in [0.05, 0.1) is 11.2 Å². The van der Waals surface area contributed by atoms with E-state index in [1.165, 1.54) is 0 Å². The van der Waals surface area contributed by atoms with Gasteiger partial charge in [-0.3, -0.25) is 4.98 Å². The van der Waals surface area contributed by atoms with Crippen LogP contribution in [0.4, 0.5) is 5.69 Å². The first kappa shape index (κ1) is 11.3. The molecule has 0 aliphatic carbocycles. The van der Waals surface area contributed by atoms with Gasteiger partial charge in [-0.2, -0.15) is 0 Å². The quantitative estimate of drug-likeness (QED) is 0.821. The highest BCUT2D eigenvalue weighted by atomic mass is 16.4. The molecule has 1 heterocycles. The zero-order valence-corrected chi connectivity index (χ0v) is 9.42. The van der Waals surface area contributed by atoms with Gasteiger partial charge in [0.25, 0.3) is 0 Å². The summed E-state index contributed by atoms with van der Waals surface area (Å²) in [7, 11) is 0. The van der Waals surface area contributed by atoms with Crippen LogP contribution in [-0.2, 0) is 4.79 Å². The summed E-state index contributed by atoms with van der Waals surface area (Å²) in [6.07, 6.45) is 2.13. The standard InChI is InChI=1S/C13H12N2O2/c1-2-11(13(16)17)15-10-5-6-12-9(8-10)4-3-7-14-12/h3-8H,2H2,1H3,(H,16,17). The van der Waals surface area contributed by atoms with Gasteiger partial charge in [0.2, 0.25) is 0 Å². The van der Waals surface area contributed by atoms with Crippen LogP contribution in [0.5, 0.6) is 0 Å². The highest BCUT2D eigenvalue weighted by Crippen LogP contribution is 2.19. The second-order valence-corrected chi connectivity index (χ2v) is 3.60. The van der Waals surface area contributed by atoms with Crippen LogP contribution < -0.4 is 0 Å². The Balaban J connectivity index is 2.46. The lowest BCUT2D eigenvalue weighted by atomic mass is 10.2. The van der Waals surface area contributed by atoms with E-state index < -0.39 is 5.97 Å². The lowest BCUT2D eigenvalue weighted by Gasteiger charge is -2.00. The maximum absolute atomic E-state index is 10.9. The van der Waals surface area contributed by atoms with Crippen LogP contribution in [0.2, 0.25) is 0 Å². The molecule has 17 heavy (non-hydrogen) atoms. The van der Waals surface area contributed by atoms with E-state index in [1.807, 2.05) is 24.3 Å². The monoisotopic (exact) mass is 228 g/mol. The van der Waals surface area contributed by atoms with E-state index in [1.54, 1.807) is 19.2 Å². The van der Waals surface area contributed by atoms with Crippen LogP contribution in [0.15, 0.2) is 41.5 Å². The maximum Gasteiger partial charge on any atom is 0.350 e. The van der Waals surface area contributed by atoms with Crippen molar-refractivity contribution in [2.45, 2.75) is 13.3 Å². The van der Waals surface area contributed by atoms with Crippen molar-refractivity contribution in [2.75, 3.05) is 0 Å². The van der Waals surface area contributed by atoms with Gasteiger partial charge < -0.3 is 5.11 Å². The third-order valence-electron chi connectivity index (χ3n) is 2.43. The molecule has 0 radical (unpaired) electrons. The minimum Gasteiger partial charge on any atom is -0.477 e. The highest BCUT2D eigenvalue weighted by molar-refractivity contribution is 6.36. The predicted octanol–water partition coefficient (Wildman–Crippen LogP) is 2.80. The van der Waals surface area contributed by atoms with Gasteiger partial charge in [0.1, 0.15) is 5.71 Å². The molecule has 1 N–H and O–H groups in total. The number of hydrogen-bond acceptors (Lipinski definition) is 3. The van der Waals surface area contributed by atoms with E-state index in [0.717, 1.165) is 10.9 Å². The van der Waals surface area contributed by atoms with Crippen molar-refractivity contribution in [1.82, 2.24) is 4.98 Å². The molecule has 0 spiro atoms. The predicted molar refractivity (Wildman–Crippen MR) is 66.8 cm³/mol. The minimum absolute atomic E-state index is 0.160. The molecule has 0 atom stereocenters. The van der Waals surface area contributed by atoms with E-state index in [0.29, 0.717) is 12.1 Å². The zero-order valence-electron chi connectivity index (χ0n) is 9.42. The fourth-order valence-electron chi connectivity index (χ4n) is 1.57. The fraction of sp³-hybridized carbons (Fsp3) is 0.154. The van der Waals surface area contributed by atoms with Crippen molar-refractivity contribution in [3.8, 4) is 0 Å². The molecule has 4 heteroatoms. The van der Waals surface area contributed by atoms with Crippen LogP contribution in [0.3, 0.4) is 0 Å². The largest absolute Gasteiger partial charge is 0.477 e. The van der Waals surface area contributed by atoms with Crippen molar-refractivity contribution in [3.05, 3.63) is 36.5 Å². The summed E-state index contributed by atoms with van der Waals surface area (Å²) in [5, 5.41) is 9.86. The maximum atomic E-state index is 10.9. The Hall–Kier alpha value is -2.23. The number of aromatic nitrogens is 1. The molecule has 0 fully saturated rings.